The van der Waals surface area contributed by atoms with Crippen LogP contribution in [0.25, 0.3) is 0 Å². The Morgan fingerprint density at radius 2 is 1.00 bits per heavy atom. The number of rotatable bonds is 8. The van der Waals surface area contributed by atoms with Crippen LogP contribution in [0.15, 0.2) is 121 Å². The van der Waals surface area contributed by atoms with Gasteiger partial charge in [-0.05, 0) is 36.3 Å². The first-order chi connectivity index (χ1) is 18.3. The summed E-state index contributed by atoms with van der Waals surface area (Å²) in [6, 6.07) is 44.7. The van der Waals surface area contributed by atoms with Crippen LogP contribution in [-0.4, -0.2) is 22.9 Å². The van der Waals surface area contributed by atoms with Gasteiger partial charge in [0.1, 0.15) is 0 Å². The van der Waals surface area contributed by atoms with Crippen molar-refractivity contribution in [3.05, 3.63) is 121 Å². The highest BCUT2D eigenvalue weighted by atomic mass is 31.1. The molecule has 4 heteroatoms. The molecule has 0 radical (unpaired) electrons. The van der Waals surface area contributed by atoms with Crippen LogP contribution in [0.1, 0.15) is 38.5 Å². The fraction of sp³-hybridized carbons (Fsp3) is 0.273. The molecule has 0 N–H and O–H groups in total. The highest BCUT2D eigenvalue weighted by Gasteiger charge is 2.50. The SMILES string of the molecule is c1ccc(P(OC2([C@@H]3CCCN3P(c3ccccc3)c3ccccc3)CCCC2)c2ccccc2)cc1. The quantitative estimate of drug-likeness (QED) is 0.234. The second kappa shape index (κ2) is 11.6. The van der Waals surface area contributed by atoms with Crippen molar-refractivity contribution in [1.29, 1.82) is 0 Å². The van der Waals surface area contributed by atoms with Gasteiger partial charge in [0.25, 0.3) is 0 Å². The van der Waals surface area contributed by atoms with Gasteiger partial charge in [-0.1, -0.05) is 134 Å². The number of hydrogen-bond donors (Lipinski definition) is 0. The lowest BCUT2D eigenvalue weighted by molar-refractivity contribution is 0.0336. The molecule has 4 aromatic carbocycles. The molecule has 6 rings (SSSR count). The fourth-order valence-corrected chi connectivity index (χ4v) is 10.9. The molecular weight excluding hydrogens is 488 g/mol. The first-order valence-corrected chi connectivity index (χ1v) is 16.2. The van der Waals surface area contributed by atoms with Crippen molar-refractivity contribution in [2.75, 3.05) is 6.54 Å². The highest BCUT2D eigenvalue weighted by Crippen LogP contribution is 2.55. The van der Waals surface area contributed by atoms with Crippen LogP contribution in [-0.2, 0) is 4.52 Å². The van der Waals surface area contributed by atoms with Gasteiger partial charge in [0.15, 0.2) is 0 Å². The van der Waals surface area contributed by atoms with Crippen LogP contribution >= 0.6 is 16.2 Å². The minimum absolute atomic E-state index is 0.113. The summed E-state index contributed by atoms with van der Waals surface area (Å²) in [5.74, 6) is 0. The lowest BCUT2D eigenvalue weighted by atomic mass is 9.91. The van der Waals surface area contributed by atoms with Crippen molar-refractivity contribution in [3.63, 3.8) is 0 Å². The van der Waals surface area contributed by atoms with Gasteiger partial charge in [-0.25, -0.2) is 0 Å². The zero-order valence-electron chi connectivity index (χ0n) is 21.3. The molecule has 1 heterocycles. The normalized spacial score (nSPS) is 19.6. The molecule has 0 bridgehead atoms. The van der Waals surface area contributed by atoms with Crippen molar-refractivity contribution < 1.29 is 4.52 Å². The summed E-state index contributed by atoms with van der Waals surface area (Å²) < 4.78 is 10.4. The molecule has 0 unspecified atom stereocenters. The zero-order valence-corrected chi connectivity index (χ0v) is 23.1. The first-order valence-electron chi connectivity index (χ1n) is 13.6. The number of hydrogen-bond acceptors (Lipinski definition) is 2. The van der Waals surface area contributed by atoms with Crippen LogP contribution in [0, 0.1) is 0 Å². The van der Waals surface area contributed by atoms with Crippen LogP contribution in [0.2, 0.25) is 0 Å². The Bertz CT molecular complexity index is 1170. The van der Waals surface area contributed by atoms with Gasteiger partial charge in [-0.15, -0.1) is 0 Å². The average molecular weight is 524 g/mol. The van der Waals surface area contributed by atoms with E-state index in [2.05, 4.69) is 126 Å². The van der Waals surface area contributed by atoms with E-state index < -0.39 is 16.2 Å². The summed E-state index contributed by atoms with van der Waals surface area (Å²) >= 11 is 0. The van der Waals surface area contributed by atoms with E-state index in [4.69, 9.17) is 4.52 Å². The molecule has 4 aromatic rings. The molecule has 0 spiro atoms. The van der Waals surface area contributed by atoms with E-state index in [-0.39, 0.29) is 5.60 Å². The maximum atomic E-state index is 7.54. The summed E-state index contributed by atoms with van der Waals surface area (Å²) in [4.78, 5) is 0. The van der Waals surface area contributed by atoms with Gasteiger partial charge in [0, 0.05) is 31.3 Å². The van der Waals surface area contributed by atoms with Crippen molar-refractivity contribution in [1.82, 2.24) is 4.67 Å². The molecule has 2 aliphatic rings. The van der Waals surface area contributed by atoms with Gasteiger partial charge in [-0.3, -0.25) is 4.67 Å². The second-order valence-corrected chi connectivity index (χ2v) is 14.1. The Labute approximate surface area is 224 Å². The Hall–Kier alpha value is -2.34. The average Bonchev–Trinajstić information content (AvgIpc) is 3.65. The van der Waals surface area contributed by atoms with Crippen LogP contribution < -0.4 is 21.2 Å². The molecule has 1 saturated carbocycles. The minimum Gasteiger partial charge on any atom is -0.342 e. The van der Waals surface area contributed by atoms with E-state index in [0.29, 0.717) is 6.04 Å². The first kappa shape index (κ1) is 25.0. The Kier molecular flexibility index (Phi) is 7.82. The standard InChI is InChI=1S/C33H35NOP2/c1-5-16-28(17-6-1)36(29-18-7-2-8-19-29)34-27-15-24-32(34)33(25-13-14-26-33)35-37(30-20-9-3-10-21-30)31-22-11-4-12-23-31/h1-12,16-23,32H,13-15,24-27H2/t32-/m0/s1. The van der Waals surface area contributed by atoms with Crippen molar-refractivity contribution >= 4 is 37.4 Å². The number of benzene rings is 4. The van der Waals surface area contributed by atoms with E-state index in [9.17, 15) is 0 Å². The summed E-state index contributed by atoms with van der Waals surface area (Å²) in [5.41, 5.74) is -0.113. The predicted octanol–water partition coefficient (Wildman–Crippen LogP) is 6.88. The molecule has 1 aliphatic heterocycles. The summed E-state index contributed by atoms with van der Waals surface area (Å²) in [5, 5.41) is 5.51. The fourth-order valence-electron chi connectivity index (χ4n) is 6.13. The maximum absolute atomic E-state index is 7.54. The van der Waals surface area contributed by atoms with Gasteiger partial charge in [0.2, 0.25) is 0 Å². The third-order valence-electron chi connectivity index (χ3n) is 7.79. The van der Waals surface area contributed by atoms with Gasteiger partial charge in [0.05, 0.1) is 13.7 Å². The lowest BCUT2D eigenvalue weighted by Gasteiger charge is -2.45. The predicted molar refractivity (Wildman–Crippen MR) is 160 cm³/mol. The molecule has 0 aromatic heterocycles. The van der Waals surface area contributed by atoms with E-state index in [1.807, 2.05) is 0 Å². The van der Waals surface area contributed by atoms with Gasteiger partial charge in [-0.2, -0.15) is 0 Å². The molecule has 2 fully saturated rings. The van der Waals surface area contributed by atoms with E-state index in [1.165, 1.54) is 46.9 Å². The van der Waals surface area contributed by atoms with Crippen LogP contribution in [0.4, 0.5) is 0 Å². The molecule has 1 atom stereocenters. The topological polar surface area (TPSA) is 12.5 Å². The Balaban J connectivity index is 1.40. The van der Waals surface area contributed by atoms with E-state index in [1.54, 1.807) is 0 Å². The lowest BCUT2D eigenvalue weighted by Crippen LogP contribution is -2.49. The van der Waals surface area contributed by atoms with E-state index >= 15 is 0 Å². The Morgan fingerprint density at radius 3 is 1.46 bits per heavy atom. The molecule has 2 nitrogen and oxygen atoms in total. The maximum Gasteiger partial charge on any atom is 0.0926 e. The molecule has 1 aliphatic carbocycles. The highest BCUT2D eigenvalue weighted by molar-refractivity contribution is 7.70. The summed E-state index contributed by atoms with van der Waals surface area (Å²) in [6.07, 6.45) is 7.27. The third kappa shape index (κ3) is 5.32. The summed E-state index contributed by atoms with van der Waals surface area (Å²) in [7, 11) is -1.51. The van der Waals surface area contributed by atoms with Gasteiger partial charge >= 0.3 is 0 Å². The molecular formula is C33H35NOP2. The molecule has 1 saturated heterocycles. The van der Waals surface area contributed by atoms with Crippen LogP contribution in [0.5, 0.6) is 0 Å². The third-order valence-corrected chi connectivity index (χ3v) is 12.4. The van der Waals surface area contributed by atoms with Crippen molar-refractivity contribution in [2.24, 2.45) is 0 Å². The number of nitrogens with zero attached hydrogens (tertiary/aromatic N) is 1. The van der Waals surface area contributed by atoms with E-state index in [0.717, 1.165) is 19.4 Å². The van der Waals surface area contributed by atoms with Crippen molar-refractivity contribution in [2.45, 2.75) is 50.2 Å². The monoisotopic (exact) mass is 523 g/mol. The van der Waals surface area contributed by atoms with Crippen LogP contribution in [0.3, 0.4) is 0 Å². The van der Waals surface area contributed by atoms with Crippen molar-refractivity contribution in [3.8, 4) is 0 Å². The van der Waals surface area contributed by atoms with Gasteiger partial charge < -0.3 is 4.52 Å². The Morgan fingerprint density at radius 1 is 0.568 bits per heavy atom. The molecule has 0 amide bonds. The second-order valence-electron chi connectivity index (χ2n) is 10.1. The summed E-state index contributed by atoms with van der Waals surface area (Å²) in [6.45, 7) is 1.14. The minimum atomic E-state index is -0.893. The molecule has 37 heavy (non-hydrogen) atoms. The smallest absolute Gasteiger partial charge is 0.0926 e. The largest absolute Gasteiger partial charge is 0.342 e. The zero-order chi connectivity index (χ0) is 24.9. The molecule has 188 valence electrons.